The summed E-state index contributed by atoms with van der Waals surface area (Å²) in [6.07, 6.45) is 1.77. The first kappa shape index (κ1) is 14.7. The number of methoxy groups -OCH3 is 1. The molecule has 6 heteroatoms. The van der Waals surface area contributed by atoms with E-state index in [1.54, 1.807) is 12.1 Å². The smallest absolute Gasteiger partial charge is 0.145 e. The molecule has 0 aliphatic carbocycles. The molecule has 0 spiro atoms. The Bertz CT molecular complexity index is 607. The van der Waals surface area contributed by atoms with Gasteiger partial charge >= 0.3 is 0 Å². The number of benzene rings is 1. The fraction of sp³-hybridized carbons (Fsp3) is 0.286. The molecule has 2 aromatic rings. The fourth-order valence-electron chi connectivity index (χ4n) is 1.77. The SMILES string of the molecule is CCCc1nc(Br)cc(Nc2ccc(F)cc2OC)n1. The Balaban J connectivity index is 2.29. The van der Waals surface area contributed by atoms with Crippen LogP contribution in [0.2, 0.25) is 0 Å². The number of rotatable bonds is 5. The van der Waals surface area contributed by atoms with Crippen LogP contribution in [0.4, 0.5) is 15.9 Å². The predicted molar refractivity (Wildman–Crippen MR) is 80.0 cm³/mol. The zero-order valence-electron chi connectivity index (χ0n) is 11.3. The molecule has 1 aromatic carbocycles. The van der Waals surface area contributed by atoms with E-state index < -0.39 is 0 Å². The molecule has 0 radical (unpaired) electrons. The van der Waals surface area contributed by atoms with Gasteiger partial charge in [0.1, 0.15) is 27.8 Å². The number of ether oxygens (including phenoxy) is 1. The molecule has 0 aliphatic rings. The molecule has 1 N–H and O–H groups in total. The zero-order chi connectivity index (χ0) is 14.5. The quantitative estimate of drug-likeness (QED) is 0.833. The molecule has 1 aromatic heterocycles. The molecule has 4 nitrogen and oxygen atoms in total. The van der Waals surface area contributed by atoms with Crippen LogP contribution in [0.15, 0.2) is 28.9 Å². The summed E-state index contributed by atoms with van der Waals surface area (Å²) < 4.78 is 19.0. The first-order chi connectivity index (χ1) is 9.62. The third-order valence-corrected chi connectivity index (χ3v) is 3.05. The van der Waals surface area contributed by atoms with E-state index >= 15 is 0 Å². The summed E-state index contributed by atoms with van der Waals surface area (Å²) in [6, 6.07) is 6.07. The Morgan fingerprint density at radius 1 is 1.30 bits per heavy atom. The molecule has 0 atom stereocenters. The molecule has 0 aliphatic heterocycles. The van der Waals surface area contributed by atoms with Crippen LogP contribution in [-0.4, -0.2) is 17.1 Å². The molecule has 0 unspecified atom stereocenters. The van der Waals surface area contributed by atoms with Gasteiger partial charge in [0.2, 0.25) is 0 Å². The number of aryl methyl sites for hydroxylation is 1. The molecule has 0 saturated carbocycles. The Labute approximate surface area is 125 Å². The van der Waals surface area contributed by atoms with E-state index in [1.165, 1.54) is 19.2 Å². The highest BCUT2D eigenvalue weighted by molar-refractivity contribution is 9.10. The molecular weight excluding hydrogens is 325 g/mol. The minimum atomic E-state index is -0.344. The Morgan fingerprint density at radius 3 is 2.80 bits per heavy atom. The summed E-state index contributed by atoms with van der Waals surface area (Å²) in [5.41, 5.74) is 0.655. The maximum Gasteiger partial charge on any atom is 0.145 e. The molecule has 0 amide bonds. The first-order valence-electron chi connectivity index (χ1n) is 6.26. The molecule has 0 fully saturated rings. The van der Waals surface area contributed by atoms with Crippen molar-refractivity contribution in [3.63, 3.8) is 0 Å². The maximum atomic E-state index is 13.2. The van der Waals surface area contributed by atoms with Crippen LogP contribution in [0.25, 0.3) is 0 Å². The van der Waals surface area contributed by atoms with Crippen LogP contribution in [0.5, 0.6) is 5.75 Å². The number of hydrogen-bond acceptors (Lipinski definition) is 4. The lowest BCUT2D eigenvalue weighted by atomic mass is 10.2. The topological polar surface area (TPSA) is 47.0 Å². The van der Waals surface area contributed by atoms with E-state index in [9.17, 15) is 4.39 Å². The second kappa shape index (κ2) is 6.65. The molecule has 2 rings (SSSR count). The van der Waals surface area contributed by atoms with E-state index in [0.29, 0.717) is 21.9 Å². The molecular formula is C14H15BrFN3O. The molecule has 1 heterocycles. The van der Waals surface area contributed by atoms with Gasteiger partial charge in [0.05, 0.1) is 12.8 Å². The van der Waals surface area contributed by atoms with Gasteiger partial charge in [0, 0.05) is 18.6 Å². The third kappa shape index (κ3) is 3.66. The number of aromatic nitrogens is 2. The Morgan fingerprint density at radius 2 is 2.10 bits per heavy atom. The molecule has 106 valence electrons. The summed E-state index contributed by atoms with van der Waals surface area (Å²) >= 11 is 3.36. The average molecular weight is 340 g/mol. The van der Waals surface area contributed by atoms with Gasteiger partial charge in [0.15, 0.2) is 0 Å². The molecule has 0 bridgehead atoms. The second-order valence-corrected chi connectivity index (χ2v) is 5.02. The van der Waals surface area contributed by atoms with Gasteiger partial charge < -0.3 is 10.1 Å². The van der Waals surface area contributed by atoms with Crippen LogP contribution in [0.3, 0.4) is 0 Å². The second-order valence-electron chi connectivity index (χ2n) is 4.21. The van der Waals surface area contributed by atoms with Crippen molar-refractivity contribution in [3.05, 3.63) is 40.5 Å². The minimum Gasteiger partial charge on any atom is -0.494 e. The number of hydrogen-bond donors (Lipinski definition) is 1. The van der Waals surface area contributed by atoms with E-state index in [0.717, 1.165) is 18.7 Å². The summed E-state index contributed by atoms with van der Waals surface area (Å²) in [5, 5.41) is 3.12. The lowest BCUT2D eigenvalue weighted by Gasteiger charge is -2.11. The fourth-order valence-corrected chi connectivity index (χ4v) is 2.19. The van der Waals surface area contributed by atoms with Gasteiger partial charge in [-0.05, 0) is 34.5 Å². The lowest BCUT2D eigenvalue weighted by Crippen LogP contribution is -2.02. The molecule has 20 heavy (non-hydrogen) atoms. The summed E-state index contributed by atoms with van der Waals surface area (Å²) in [4.78, 5) is 8.71. The van der Waals surface area contributed by atoms with Crippen molar-refractivity contribution >= 4 is 27.4 Å². The van der Waals surface area contributed by atoms with Crippen molar-refractivity contribution in [2.45, 2.75) is 19.8 Å². The summed E-state index contributed by atoms with van der Waals surface area (Å²) in [7, 11) is 1.50. The summed E-state index contributed by atoms with van der Waals surface area (Å²) in [6.45, 7) is 2.07. The van der Waals surface area contributed by atoms with E-state index in [2.05, 4.69) is 38.1 Å². The normalized spacial score (nSPS) is 10.4. The third-order valence-electron chi connectivity index (χ3n) is 2.64. The highest BCUT2D eigenvalue weighted by Crippen LogP contribution is 2.28. The predicted octanol–water partition coefficient (Wildman–Crippen LogP) is 4.08. The van der Waals surface area contributed by atoms with Crippen LogP contribution in [0.1, 0.15) is 19.2 Å². The van der Waals surface area contributed by atoms with Crippen LogP contribution in [-0.2, 0) is 6.42 Å². The lowest BCUT2D eigenvalue weighted by molar-refractivity contribution is 0.413. The monoisotopic (exact) mass is 339 g/mol. The highest BCUT2D eigenvalue weighted by atomic mass is 79.9. The number of anilines is 2. The van der Waals surface area contributed by atoms with Gasteiger partial charge in [0.25, 0.3) is 0 Å². The van der Waals surface area contributed by atoms with Gasteiger partial charge in [-0.15, -0.1) is 0 Å². The van der Waals surface area contributed by atoms with Crippen molar-refractivity contribution in [2.24, 2.45) is 0 Å². The van der Waals surface area contributed by atoms with Crippen molar-refractivity contribution in [2.75, 3.05) is 12.4 Å². The largest absolute Gasteiger partial charge is 0.494 e. The van der Waals surface area contributed by atoms with Crippen LogP contribution < -0.4 is 10.1 Å². The van der Waals surface area contributed by atoms with Crippen molar-refractivity contribution in [3.8, 4) is 5.75 Å². The van der Waals surface area contributed by atoms with Gasteiger partial charge in [-0.2, -0.15) is 0 Å². The van der Waals surface area contributed by atoms with Gasteiger partial charge in [-0.25, -0.2) is 14.4 Å². The maximum absolute atomic E-state index is 13.2. The highest BCUT2D eigenvalue weighted by Gasteiger charge is 2.08. The zero-order valence-corrected chi connectivity index (χ0v) is 12.9. The Kier molecular flexibility index (Phi) is 4.89. The Hall–Kier alpha value is -1.69. The minimum absolute atomic E-state index is 0.344. The molecule has 0 saturated heterocycles. The number of halogens is 2. The van der Waals surface area contributed by atoms with Gasteiger partial charge in [-0.1, -0.05) is 6.92 Å². The summed E-state index contributed by atoms with van der Waals surface area (Å²) in [5.74, 6) is 1.48. The van der Waals surface area contributed by atoms with Gasteiger partial charge in [-0.3, -0.25) is 0 Å². The van der Waals surface area contributed by atoms with Crippen molar-refractivity contribution in [1.82, 2.24) is 9.97 Å². The first-order valence-corrected chi connectivity index (χ1v) is 7.05. The van der Waals surface area contributed by atoms with Crippen LogP contribution >= 0.6 is 15.9 Å². The van der Waals surface area contributed by atoms with E-state index in [4.69, 9.17) is 4.74 Å². The van der Waals surface area contributed by atoms with Crippen molar-refractivity contribution in [1.29, 1.82) is 0 Å². The van der Waals surface area contributed by atoms with Crippen molar-refractivity contribution < 1.29 is 9.13 Å². The standard InChI is InChI=1S/C14H15BrFN3O/c1-3-4-13-18-12(15)8-14(19-13)17-10-6-5-9(16)7-11(10)20-2/h5-8H,3-4H2,1-2H3,(H,17,18,19). The van der Waals surface area contributed by atoms with E-state index in [-0.39, 0.29) is 5.82 Å². The van der Waals surface area contributed by atoms with Crippen LogP contribution in [0, 0.1) is 5.82 Å². The average Bonchev–Trinajstić information content (AvgIpc) is 2.40. The number of nitrogens with zero attached hydrogens (tertiary/aromatic N) is 2. The number of nitrogens with one attached hydrogen (secondary N) is 1. The van der Waals surface area contributed by atoms with E-state index in [1.807, 2.05) is 0 Å².